The molecule has 0 amide bonds. The monoisotopic (exact) mass is 534 g/mol. The lowest BCUT2D eigenvalue weighted by molar-refractivity contribution is -0.144. The Hall–Kier alpha value is -0.782. The van der Waals surface area contributed by atoms with Crippen molar-refractivity contribution < 1.29 is 45.3 Å². The maximum absolute atomic E-state index is 13.2. The van der Waals surface area contributed by atoms with Gasteiger partial charge in [0.25, 0.3) is 0 Å². The largest absolute Gasteiger partial charge is 0.478 e. The topological polar surface area (TPSA) is 102 Å². The van der Waals surface area contributed by atoms with Crippen molar-refractivity contribution in [1.82, 2.24) is 0 Å². The number of carbonyl (C=O) groups is 2. The highest BCUT2D eigenvalue weighted by Gasteiger charge is 2.58. The standard InChI is InChI=1S/C18H37F3O7Si4/c1-11-14(15(17(24)25)13(16(22)23)12-18(19,20)21)32(26-29(2,3)4,27-30(5,6)7)28-31(8,9)10/h14H,11-12H2,1-10H3,(H,22,23)(H,24,25)/b15-13+. The van der Waals surface area contributed by atoms with Crippen LogP contribution in [0.2, 0.25) is 64.5 Å². The van der Waals surface area contributed by atoms with E-state index in [0.717, 1.165) is 0 Å². The molecule has 188 valence electrons. The molecule has 0 bridgehead atoms. The number of hydrogen-bond donors (Lipinski definition) is 2. The molecule has 0 spiro atoms. The van der Waals surface area contributed by atoms with Crippen LogP contribution in [0, 0.1) is 0 Å². The number of hydrogen-bond acceptors (Lipinski definition) is 5. The summed E-state index contributed by atoms with van der Waals surface area (Å²) in [4.78, 5) is 24.1. The molecule has 32 heavy (non-hydrogen) atoms. The third-order valence-corrected chi connectivity index (χ3v) is 16.0. The van der Waals surface area contributed by atoms with Crippen molar-refractivity contribution in [3.05, 3.63) is 11.1 Å². The van der Waals surface area contributed by atoms with Gasteiger partial charge in [-0.2, -0.15) is 13.2 Å². The first kappa shape index (κ1) is 31.2. The van der Waals surface area contributed by atoms with E-state index in [1.54, 1.807) is 6.92 Å². The minimum Gasteiger partial charge on any atom is -0.478 e. The molecule has 0 aromatic rings. The van der Waals surface area contributed by atoms with Gasteiger partial charge < -0.3 is 22.6 Å². The second-order valence-electron chi connectivity index (χ2n) is 10.5. The van der Waals surface area contributed by atoms with Crippen LogP contribution in [-0.2, 0) is 21.9 Å². The maximum atomic E-state index is 13.2. The fraction of sp³-hybridized carbons (Fsp3) is 0.778. The van der Waals surface area contributed by atoms with Crippen molar-refractivity contribution in [1.29, 1.82) is 0 Å². The molecule has 0 aromatic carbocycles. The number of rotatable bonds is 12. The first-order valence-electron chi connectivity index (χ1n) is 10.3. The van der Waals surface area contributed by atoms with E-state index in [-0.39, 0.29) is 6.42 Å². The lowest BCUT2D eigenvalue weighted by Gasteiger charge is -2.46. The van der Waals surface area contributed by atoms with E-state index in [1.165, 1.54) is 0 Å². The van der Waals surface area contributed by atoms with Crippen LogP contribution in [0.1, 0.15) is 19.8 Å². The molecule has 0 saturated heterocycles. The third kappa shape index (κ3) is 10.9. The normalized spacial score (nSPS) is 15.9. The minimum atomic E-state index is -4.91. The average Bonchev–Trinajstić information content (AvgIpc) is 2.43. The van der Waals surface area contributed by atoms with Gasteiger partial charge in [-0.25, -0.2) is 9.59 Å². The van der Waals surface area contributed by atoms with Gasteiger partial charge in [-0.3, -0.25) is 0 Å². The quantitative estimate of drug-likeness (QED) is 0.245. The Labute approximate surface area is 192 Å². The molecule has 0 aliphatic heterocycles. The van der Waals surface area contributed by atoms with Crippen molar-refractivity contribution in [3.63, 3.8) is 0 Å². The Bertz CT molecular complexity index is 679. The van der Waals surface area contributed by atoms with Gasteiger partial charge in [0.05, 0.1) is 23.1 Å². The first-order valence-corrected chi connectivity index (χ1v) is 22.3. The summed E-state index contributed by atoms with van der Waals surface area (Å²) in [5, 5.41) is 19.5. The summed E-state index contributed by atoms with van der Waals surface area (Å²) in [5.41, 5.74) is -3.33. The highest BCUT2D eigenvalue weighted by Crippen LogP contribution is 2.43. The van der Waals surface area contributed by atoms with Crippen molar-refractivity contribution in [3.8, 4) is 0 Å². The molecule has 1 atom stereocenters. The summed E-state index contributed by atoms with van der Waals surface area (Å²) in [6, 6.07) is 0. The predicted octanol–water partition coefficient (Wildman–Crippen LogP) is 5.68. The van der Waals surface area contributed by atoms with Crippen LogP contribution in [0.4, 0.5) is 13.2 Å². The van der Waals surface area contributed by atoms with Crippen molar-refractivity contribution in [2.45, 2.75) is 90.4 Å². The Kier molecular flexibility index (Phi) is 10.4. The van der Waals surface area contributed by atoms with Crippen LogP contribution >= 0.6 is 0 Å². The zero-order chi connectivity index (χ0) is 25.9. The van der Waals surface area contributed by atoms with Crippen LogP contribution in [0.5, 0.6) is 0 Å². The fourth-order valence-electron chi connectivity index (χ4n) is 3.16. The molecule has 0 saturated carbocycles. The molecule has 1 unspecified atom stereocenters. The summed E-state index contributed by atoms with van der Waals surface area (Å²) < 4.78 is 59.0. The summed E-state index contributed by atoms with van der Waals surface area (Å²) in [6.07, 6.45) is -6.80. The van der Waals surface area contributed by atoms with E-state index < -0.39 is 75.0 Å². The molecule has 2 N–H and O–H groups in total. The number of carboxylic acids is 2. The van der Waals surface area contributed by atoms with E-state index in [4.69, 9.17) is 12.3 Å². The molecule has 14 heteroatoms. The SMILES string of the molecule is CCC(/C(C(=O)O)=C(/CC(F)(F)F)C(=O)O)[Si](O[Si](C)(C)C)(O[Si](C)(C)C)O[Si](C)(C)C. The highest BCUT2D eigenvalue weighted by atomic mass is 28.5. The number of aliphatic carboxylic acids is 2. The van der Waals surface area contributed by atoms with Gasteiger partial charge in [-0.05, 0) is 65.3 Å². The van der Waals surface area contributed by atoms with E-state index >= 15 is 0 Å². The van der Waals surface area contributed by atoms with E-state index in [2.05, 4.69) is 0 Å². The Morgan fingerprint density at radius 1 is 0.781 bits per heavy atom. The van der Waals surface area contributed by atoms with E-state index in [1.807, 2.05) is 58.9 Å². The second kappa shape index (κ2) is 10.6. The van der Waals surface area contributed by atoms with Gasteiger partial charge in [0, 0.05) is 0 Å². The molecule has 0 aliphatic rings. The van der Waals surface area contributed by atoms with Crippen LogP contribution < -0.4 is 0 Å². The molecule has 0 heterocycles. The molecule has 0 radical (unpaired) electrons. The van der Waals surface area contributed by atoms with E-state index in [0.29, 0.717) is 0 Å². The first-order chi connectivity index (χ1) is 13.9. The van der Waals surface area contributed by atoms with Crippen LogP contribution in [0.25, 0.3) is 0 Å². The van der Waals surface area contributed by atoms with E-state index in [9.17, 15) is 33.0 Å². The van der Waals surface area contributed by atoms with Gasteiger partial charge in [0.15, 0.2) is 25.0 Å². The molecule has 0 rings (SSSR count). The zero-order valence-electron chi connectivity index (χ0n) is 20.6. The van der Waals surface area contributed by atoms with Crippen LogP contribution in [0.3, 0.4) is 0 Å². The van der Waals surface area contributed by atoms with Crippen LogP contribution in [-0.4, -0.2) is 62.1 Å². The third-order valence-electron chi connectivity index (χ3n) is 3.72. The van der Waals surface area contributed by atoms with Gasteiger partial charge in [0.2, 0.25) is 0 Å². The number of alkyl halides is 3. The summed E-state index contributed by atoms with van der Waals surface area (Å²) in [7, 11) is -11.5. The highest BCUT2D eigenvalue weighted by molar-refractivity contribution is 6.91. The van der Waals surface area contributed by atoms with Crippen molar-refractivity contribution >= 4 is 45.7 Å². The predicted molar refractivity (Wildman–Crippen MR) is 126 cm³/mol. The molecular weight excluding hydrogens is 498 g/mol. The Morgan fingerprint density at radius 3 is 1.31 bits per heavy atom. The molecule has 0 aliphatic carbocycles. The smallest absolute Gasteiger partial charge is 0.477 e. The lowest BCUT2D eigenvalue weighted by atomic mass is 10.00. The van der Waals surface area contributed by atoms with Gasteiger partial charge >= 0.3 is 26.9 Å². The van der Waals surface area contributed by atoms with Crippen molar-refractivity contribution in [2.75, 3.05) is 0 Å². The van der Waals surface area contributed by atoms with Gasteiger partial charge in [-0.1, -0.05) is 6.92 Å². The lowest BCUT2D eigenvalue weighted by Crippen LogP contribution is -2.63. The maximum Gasteiger partial charge on any atom is 0.477 e. The van der Waals surface area contributed by atoms with Crippen LogP contribution in [0.15, 0.2) is 11.1 Å². The Morgan fingerprint density at radius 2 is 1.12 bits per heavy atom. The summed E-state index contributed by atoms with van der Waals surface area (Å²) in [6.45, 7) is 18.2. The Balaban J connectivity index is 7.39. The number of halogens is 3. The van der Waals surface area contributed by atoms with Gasteiger partial charge in [0.1, 0.15) is 0 Å². The van der Waals surface area contributed by atoms with Crippen molar-refractivity contribution in [2.24, 2.45) is 0 Å². The minimum absolute atomic E-state index is 0.0120. The van der Waals surface area contributed by atoms with Gasteiger partial charge in [-0.15, -0.1) is 0 Å². The molecule has 7 nitrogen and oxygen atoms in total. The number of carboxylic acid groups (broad SMARTS) is 2. The summed E-state index contributed by atoms with van der Waals surface area (Å²) in [5.74, 6) is -3.68. The molecule has 0 fully saturated rings. The molecular formula is C18H37F3O7Si4. The summed E-state index contributed by atoms with van der Waals surface area (Å²) >= 11 is 0. The molecule has 0 aromatic heterocycles. The average molecular weight is 535 g/mol. The zero-order valence-corrected chi connectivity index (χ0v) is 24.6. The fourth-order valence-corrected chi connectivity index (χ4v) is 17.9. The second-order valence-corrected chi connectivity index (χ2v) is 27.5.